The molecule has 0 saturated heterocycles. The number of ether oxygens (including phenoxy) is 1. The molecule has 1 aromatic rings. The lowest BCUT2D eigenvalue weighted by atomic mass is 10.3. The predicted octanol–water partition coefficient (Wildman–Crippen LogP) is 2.22. The number of thioether (sulfide) groups is 1. The molecule has 0 aliphatic heterocycles. The van der Waals surface area contributed by atoms with E-state index in [0.717, 1.165) is 44.9 Å². The Kier molecular flexibility index (Phi) is 12.4. The van der Waals surface area contributed by atoms with E-state index < -0.39 is 0 Å². The number of hydrogen-bond acceptors (Lipinski definition) is 4. The van der Waals surface area contributed by atoms with Gasteiger partial charge < -0.3 is 20.3 Å². The molecule has 0 heterocycles. The van der Waals surface area contributed by atoms with Crippen molar-refractivity contribution in [2.75, 3.05) is 52.7 Å². The van der Waals surface area contributed by atoms with E-state index in [-0.39, 0.29) is 12.5 Å². The van der Waals surface area contributed by atoms with Crippen LogP contribution in [0.15, 0.2) is 40.2 Å². The quantitative estimate of drug-likeness (QED) is 0.252. The van der Waals surface area contributed by atoms with Gasteiger partial charge in [0.15, 0.2) is 5.96 Å². The maximum Gasteiger partial charge on any atom is 0.243 e. The normalized spacial score (nSPS) is 11.3. The number of hydrogen-bond donors (Lipinski definition) is 2. The summed E-state index contributed by atoms with van der Waals surface area (Å²) in [7, 11) is 3.48. The molecule has 0 saturated carbocycles. The number of benzene rings is 1. The molecule has 146 valence electrons. The maximum absolute atomic E-state index is 11.8. The third kappa shape index (κ3) is 11.0. The van der Waals surface area contributed by atoms with E-state index in [1.807, 2.05) is 25.1 Å². The van der Waals surface area contributed by atoms with Crippen molar-refractivity contribution in [1.29, 1.82) is 0 Å². The van der Waals surface area contributed by atoms with Crippen molar-refractivity contribution in [1.82, 2.24) is 15.5 Å². The summed E-state index contributed by atoms with van der Waals surface area (Å²) < 4.78 is 5.34. The summed E-state index contributed by atoms with van der Waals surface area (Å²) in [5.74, 6) is 1.60. The van der Waals surface area contributed by atoms with E-state index in [1.54, 1.807) is 30.8 Å². The SMILES string of the molecule is CCOCCCCNC(=NCC(=O)N(C)C)NCCSc1ccccc1. The van der Waals surface area contributed by atoms with Gasteiger partial charge in [0.25, 0.3) is 0 Å². The molecule has 0 unspecified atom stereocenters. The van der Waals surface area contributed by atoms with Gasteiger partial charge in [0.1, 0.15) is 6.54 Å². The summed E-state index contributed by atoms with van der Waals surface area (Å²) >= 11 is 1.79. The fraction of sp³-hybridized carbons (Fsp3) is 0.579. The molecule has 0 aliphatic carbocycles. The number of nitrogens with one attached hydrogen (secondary N) is 2. The minimum atomic E-state index is -0.0129. The monoisotopic (exact) mass is 380 g/mol. The predicted molar refractivity (Wildman–Crippen MR) is 110 cm³/mol. The molecule has 7 heteroatoms. The van der Waals surface area contributed by atoms with Crippen LogP contribution in [0.1, 0.15) is 19.8 Å². The number of unbranched alkanes of at least 4 members (excludes halogenated alkanes) is 1. The van der Waals surface area contributed by atoms with Gasteiger partial charge in [0, 0.05) is 51.0 Å². The van der Waals surface area contributed by atoms with Gasteiger partial charge in [-0.25, -0.2) is 4.99 Å². The molecule has 0 atom stereocenters. The lowest BCUT2D eigenvalue weighted by molar-refractivity contribution is -0.127. The molecule has 0 radical (unpaired) electrons. The zero-order chi connectivity index (χ0) is 19.0. The second-order valence-electron chi connectivity index (χ2n) is 5.87. The molecule has 1 rings (SSSR count). The second kappa shape index (κ2) is 14.4. The van der Waals surface area contributed by atoms with Gasteiger partial charge in [-0.1, -0.05) is 18.2 Å². The number of amides is 1. The Bertz CT molecular complexity index is 524. The third-order valence-corrected chi connectivity index (χ3v) is 4.50. The molecule has 6 nitrogen and oxygen atoms in total. The number of carbonyl (C=O) groups is 1. The third-order valence-electron chi connectivity index (χ3n) is 3.49. The minimum absolute atomic E-state index is 0.0129. The fourth-order valence-electron chi connectivity index (χ4n) is 2.00. The number of carbonyl (C=O) groups excluding carboxylic acids is 1. The van der Waals surface area contributed by atoms with Crippen LogP contribution in [0.4, 0.5) is 0 Å². The standard InChI is InChI=1S/C19H32N4O2S/c1-4-25-14-9-8-12-20-19(22-16-18(24)23(2)3)21-13-15-26-17-10-6-5-7-11-17/h5-7,10-11H,4,8-9,12-16H2,1-3H3,(H2,20,21,22). The van der Waals surface area contributed by atoms with E-state index in [2.05, 4.69) is 27.8 Å². The molecule has 0 spiro atoms. The molecule has 0 aliphatic rings. The molecule has 0 aromatic heterocycles. The molecule has 2 N–H and O–H groups in total. The van der Waals surface area contributed by atoms with Crippen LogP contribution in [0.5, 0.6) is 0 Å². The fourth-order valence-corrected chi connectivity index (χ4v) is 2.79. The molecule has 0 fully saturated rings. The van der Waals surface area contributed by atoms with Crippen LogP contribution in [0.25, 0.3) is 0 Å². The van der Waals surface area contributed by atoms with Crippen molar-refractivity contribution in [2.24, 2.45) is 4.99 Å². The summed E-state index contributed by atoms with van der Waals surface area (Å²) in [6.07, 6.45) is 2.01. The topological polar surface area (TPSA) is 66.0 Å². The average Bonchev–Trinajstić information content (AvgIpc) is 2.65. The van der Waals surface area contributed by atoms with Gasteiger partial charge in [0.05, 0.1) is 0 Å². The molecule has 0 bridgehead atoms. The van der Waals surface area contributed by atoms with E-state index >= 15 is 0 Å². The number of aliphatic imine (C=N–C) groups is 1. The summed E-state index contributed by atoms with van der Waals surface area (Å²) in [5.41, 5.74) is 0. The number of rotatable bonds is 12. The summed E-state index contributed by atoms with van der Waals surface area (Å²) in [5, 5.41) is 6.60. The molecular formula is C19H32N4O2S. The largest absolute Gasteiger partial charge is 0.382 e. The van der Waals surface area contributed by atoms with Crippen molar-refractivity contribution in [3.8, 4) is 0 Å². The van der Waals surface area contributed by atoms with Crippen LogP contribution in [-0.4, -0.2) is 69.5 Å². The van der Waals surface area contributed by atoms with Crippen LogP contribution in [0.3, 0.4) is 0 Å². The van der Waals surface area contributed by atoms with Crippen molar-refractivity contribution < 1.29 is 9.53 Å². The number of nitrogens with zero attached hydrogens (tertiary/aromatic N) is 2. The van der Waals surface area contributed by atoms with Gasteiger partial charge >= 0.3 is 0 Å². The zero-order valence-corrected chi connectivity index (χ0v) is 17.0. The van der Waals surface area contributed by atoms with Crippen LogP contribution < -0.4 is 10.6 Å². The molecule has 1 amide bonds. The van der Waals surface area contributed by atoms with E-state index in [0.29, 0.717) is 5.96 Å². The maximum atomic E-state index is 11.8. The first-order valence-electron chi connectivity index (χ1n) is 9.11. The van der Waals surface area contributed by atoms with Gasteiger partial charge in [-0.3, -0.25) is 4.79 Å². The lowest BCUT2D eigenvalue weighted by Gasteiger charge is -2.14. The Balaban J connectivity index is 2.35. The first-order valence-corrected chi connectivity index (χ1v) is 10.1. The lowest BCUT2D eigenvalue weighted by Crippen LogP contribution is -2.40. The Morgan fingerprint density at radius 3 is 2.58 bits per heavy atom. The van der Waals surface area contributed by atoms with Crippen molar-refractivity contribution in [3.63, 3.8) is 0 Å². The van der Waals surface area contributed by atoms with Crippen LogP contribution in [0, 0.1) is 0 Å². The van der Waals surface area contributed by atoms with Crippen molar-refractivity contribution >= 4 is 23.6 Å². The van der Waals surface area contributed by atoms with Crippen LogP contribution >= 0.6 is 11.8 Å². The minimum Gasteiger partial charge on any atom is -0.382 e. The van der Waals surface area contributed by atoms with Crippen LogP contribution in [0.2, 0.25) is 0 Å². The average molecular weight is 381 g/mol. The zero-order valence-electron chi connectivity index (χ0n) is 16.2. The van der Waals surface area contributed by atoms with Gasteiger partial charge in [0.2, 0.25) is 5.91 Å². The highest BCUT2D eigenvalue weighted by molar-refractivity contribution is 7.99. The van der Waals surface area contributed by atoms with E-state index in [4.69, 9.17) is 4.74 Å². The van der Waals surface area contributed by atoms with Crippen molar-refractivity contribution in [3.05, 3.63) is 30.3 Å². The molecule has 26 heavy (non-hydrogen) atoms. The second-order valence-corrected chi connectivity index (χ2v) is 7.04. The summed E-state index contributed by atoms with van der Waals surface area (Å²) in [6.45, 7) is 5.27. The van der Waals surface area contributed by atoms with E-state index in [1.165, 1.54) is 4.90 Å². The van der Waals surface area contributed by atoms with Gasteiger partial charge in [-0.15, -0.1) is 11.8 Å². The first-order chi connectivity index (χ1) is 12.6. The number of likely N-dealkylation sites (N-methyl/N-ethyl adjacent to an activating group) is 1. The highest BCUT2D eigenvalue weighted by Crippen LogP contribution is 2.15. The van der Waals surface area contributed by atoms with Gasteiger partial charge in [-0.2, -0.15) is 0 Å². The first kappa shape index (κ1) is 22.3. The number of guanidine groups is 1. The Morgan fingerprint density at radius 1 is 1.15 bits per heavy atom. The van der Waals surface area contributed by atoms with Crippen molar-refractivity contribution in [2.45, 2.75) is 24.7 Å². The smallest absolute Gasteiger partial charge is 0.243 e. The molecular weight excluding hydrogens is 348 g/mol. The highest BCUT2D eigenvalue weighted by Gasteiger charge is 2.04. The Morgan fingerprint density at radius 2 is 1.88 bits per heavy atom. The Hall–Kier alpha value is -1.73. The highest BCUT2D eigenvalue weighted by atomic mass is 32.2. The van der Waals surface area contributed by atoms with Crippen LogP contribution in [-0.2, 0) is 9.53 Å². The Labute approximate surface area is 161 Å². The molecule has 1 aromatic carbocycles. The van der Waals surface area contributed by atoms with Gasteiger partial charge in [-0.05, 0) is 31.9 Å². The summed E-state index contributed by atoms with van der Waals surface area (Å²) in [4.78, 5) is 18.9. The van der Waals surface area contributed by atoms with E-state index in [9.17, 15) is 4.79 Å². The summed E-state index contributed by atoms with van der Waals surface area (Å²) in [6, 6.07) is 10.3.